The monoisotopic (exact) mass is 277 g/mol. The molecule has 0 atom stereocenters. The lowest BCUT2D eigenvalue weighted by atomic mass is 10.1. The van der Waals surface area contributed by atoms with E-state index in [1.165, 1.54) is 24.3 Å². The Balaban J connectivity index is 2.48. The summed E-state index contributed by atoms with van der Waals surface area (Å²) in [6.07, 6.45) is 0. The van der Waals surface area contributed by atoms with Gasteiger partial charge in [-0.1, -0.05) is 23.7 Å². The molecule has 1 aromatic heterocycles. The fraction of sp³-hybridized carbons (Fsp3) is 0. The summed E-state index contributed by atoms with van der Waals surface area (Å²) in [4.78, 5) is 25.2. The summed E-state index contributed by atoms with van der Waals surface area (Å²) < 4.78 is 0. The summed E-state index contributed by atoms with van der Waals surface area (Å²) in [6.45, 7) is 0. The van der Waals surface area contributed by atoms with Crippen molar-refractivity contribution in [2.45, 2.75) is 0 Å². The fourth-order valence-electron chi connectivity index (χ4n) is 1.56. The Morgan fingerprint density at radius 3 is 2.63 bits per heavy atom. The predicted molar refractivity (Wildman–Crippen MR) is 69.9 cm³/mol. The van der Waals surface area contributed by atoms with E-state index in [-0.39, 0.29) is 16.4 Å². The van der Waals surface area contributed by atoms with Crippen molar-refractivity contribution in [1.82, 2.24) is 4.98 Å². The summed E-state index contributed by atoms with van der Waals surface area (Å²) >= 11 is 5.83. The first-order chi connectivity index (χ1) is 8.99. The molecule has 0 spiro atoms. The predicted octanol–water partition coefficient (Wildman–Crippen LogP) is 2.41. The minimum Gasteiger partial charge on any atom is -0.366 e. The molecule has 0 fully saturated rings. The van der Waals surface area contributed by atoms with E-state index in [1.807, 2.05) is 0 Å². The number of carbonyl (C=O) groups excluding carboxylic acids is 1. The van der Waals surface area contributed by atoms with Gasteiger partial charge >= 0.3 is 0 Å². The average Bonchev–Trinajstić information content (AvgIpc) is 2.38. The summed E-state index contributed by atoms with van der Waals surface area (Å²) in [5.74, 6) is -0.678. The number of carbonyl (C=O) groups is 1. The van der Waals surface area contributed by atoms with Gasteiger partial charge in [0.05, 0.1) is 16.2 Å². The van der Waals surface area contributed by atoms with Gasteiger partial charge < -0.3 is 5.73 Å². The lowest BCUT2D eigenvalue weighted by molar-refractivity contribution is -0.384. The first kappa shape index (κ1) is 13.0. The van der Waals surface area contributed by atoms with E-state index in [0.29, 0.717) is 11.3 Å². The number of non-ortho nitro benzene ring substituents is 1. The molecule has 96 valence electrons. The normalized spacial score (nSPS) is 10.2. The third kappa shape index (κ3) is 2.69. The van der Waals surface area contributed by atoms with Crippen molar-refractivity contribution in [3.63, 3.8) is 0 Å². The number of nitrogens with zero attached hydrogens (tertiary/aromatic N) is 2. The summed E-state index contributed by atoms with van der Waals surface area (Å²) in [7, 11) is 0. The van der Waals surface area contributed by atoms with Crippen LogP contribution in [0.15, 0.2) is 36.4 Å². The van der Waals surface area contributed by atoms with Gasteiger partial charge in [-0.25, -0.2) is 4.98 Å². The number of hydrogen-bond acceptors (Lipinski definition) is 4. The zero-order chi connectivity index (χ0) is 14.0. The molecule has 2 aromatic rings. The standard InChI is InChI=1S/C12H8ClN3O3/c13-11-9(12(14)17)4-5-10(15-11)7-2-1-3-8(6-7)16(18)19/h1-6H,(H2,14,17). The van der Waals surface area contributed by atoms with Crippen molar-refractivity contribution >= 4 is 23.2 Å². The molecule has 0 aliphatic rings. The number of benzene rings is 1. The molecule has 2 N–H and O–H groups in total. The third-order valence-electron chi connectivity index (χ3n) is 2.47. The molecule has 1 amide bonds. The molecule has 19 heavy (non-hydrogen) atoms. The minimum atomic E-state index is -0.678. The molecule has 6 nitrogen and oxygen atoms in total. The number of aromatic nitrogens is 1. The zero-order valence-electron chi connectivity index (χ0n) is 9.54. The van der Waals surface area contributed by atoms with E-state index < -0.39 is 10.8 Å². The summed E-state index contributed by atoms with van der Waals surface area (Å²) in [5, 5.41) is 10.7. The Labute approximate surface area is 113 Å². The molecule has 0 saturated heterocycles. The second-order valence-corrected chi connectivity index (χ2v) is 4.06. The number of nitrogens with two attached hydrogens (primary N) is 1. The van der Waals surface area contributed by atoms with Gasteiger partial charge in [-0.2, -0.15) is 0 Å². The van der Waals surface area contributed by atoms with Crippen molar-refractivity contribution in [3.8, 4) is 11.3 Å². The second kappa shape index (κ2) is 5.03. The van der Waals surface area contributed by atoms with Gasteiger partial charge in [-0.3, -0.25) is 14.9 Å². The van der Waals surface area contributed by atoms with Crippen LogP contribution >= 0.6 is 11.6 Å². The number of nitro groups is 1. The van der Waals surface area contributed by atoms with Crippen LogP contribution in [0.4, 0.5) is 5.69 Å². The van der Waals surface area contributed by atoms with Gasteiger partial charge in [0.25, 0.3) is 11.6 Å². The van der Waals surface area contributed by atoms with Crippen LogP contribution in [-0.4, -0.2) is 15.8 Å². The highest BCUT2D eigenvalue weighted by Crippen LogP contribution is 2.24. The maximum Gasteiger partial charge on any atom is 0.270 e. The average molecular weight is 278 g/mol. The van der Waals surface area contributed by atoms with Gasteiger partial charge in [-0.15, -0.1) is 0 Å². The highest BCUT2D eigenvalue weighted by atomic mass is 35.5. The largest absolute Gasteiger partial charge is 0.366 e. The Bertz CT molecular complexity index is 673. The molecule has 0 bridgehead atoms. The van der Waals surface area contributed by atoms with E-state index >= 15 is 0 Å². The molecule has 0 radical (unpaired) electrons. The van der Waals surface area contributed by atoms with E-state index in [4.69, 9.17) is 17.3 Å². The lowest BCUT2D eigenvalue weighted by Crippen LogP contribution is -2.12. The summed E-state index contributed by atoms with van der Waals surface area (Å²) in [6, 6.07) is 8.93. The maximum atomic E-state index is 11.0. The van der Waals surface area contributed by atoms with E-state index in [9.17, 15) is 14.9 Å². The number of nitro benzene ring substituents is 1. The van der Waals surface area contributed by atoms with E-state index in [1.54, 1.807) is 12.1 Å². The Kier molecular flexibility index (Phi) is 3.43. The quantitative estimate of drug-likeness (QED) is 0.529. The van der Waals surface area contributed by atoms with Gasteiger partial charge in [0.15, 0.2) is 0 Å². The number of rotatable bonds is 3. The highest BCUT2D eigenvalue weighted by molar-refractivity contribution is 6.32. The smallest absolute Gasteiger partial charge is 0.270 e. The van der Waals surface area contributed by atoms with Gasteiger partial charge in [0, 0.05) is 17.7 Å². The first-order valence-corrected chi connectivity index (χ1v) is 5.58. The lowest BCUT2D eigenvalue weighted by Gasteiger charge is -2.04. The van der Waals surface area contributed by atoms with Crippen molar-refractivity contribution in [3.05, 3.63) is 57.2 Å². The van der Waals surface area contributed by atoms with Gasteiger partial charge in [0.1, 0.15) is 5.15 Å². The SMILES string of the molecule is NC(=O)c1ccc(-c2cccc([N+](=O)[O-])c2)nc1Cl. The van der Waals surface area contributed by atoms with Gasteiger partial charge in [-0.05, 0) is 12.1 Å². The molecule has 2 rings (SSSR count). The number of amides is 1. The van der Waals surface area contributed by atoms with Crippen molar-refractivity contribution in [1.29, 1.82) is 0 Å². The highest BCUT2D eigenvalue weighted by Gasteiger charge is 2.12. The van der Waals surface area contributed by atoms with Crippen molar-refractivity contribution in [2.24, 2.45) is 5.73 Å². The number of pyridine rings is 1. The Morgan fingerprint density at radius 1 is 1.32 bits per heavy atom. The summed E-state index contributed by atoms with van der Waals surface area (Å²) in [5.41, 5.74) is 6.14. The molecule has 0 unspecified atom stereocenters. The van der Waals surface area contributed by atoms with E-state index in [2.05, 4.69) is 4.98 Å². The molecule has 7 heteroatoms. The number of primary amides is 1. The first-order valence-electron chi connectivity index (χ1n) is 5.20. The van der Waals surface area contributed by atoms with E-state index in [0.717, 1.165) is 0 Å². The fourth-order valence-corrected chi connectivity index (χ4v) is 1.80. The molecule has 1 aromatic carbocycles. The minimum absolute atomic E-state index is 0.0310. The van der Waals surface area contributed by atoms with Crippen LogP contribution in [0.25, 0.3) is 11.3 Å². The van der Waals surface area contributed by atoms with Crippen LogP contribution in [-0.2, 0) is 0 Å². The molecular formula is C12H8ClN3O3. The van der Waals surface area contributed by atoms with Crippen LogP contribution < -0.4 is 5.73 Å². The van der Waals surface area contributed by atoms with Crippen LogP contribution in [0.5, 0.6) is 0 Å². The number of hydrogen-bond donors (Lipinski definition) is 1. The van der Waals surface area contributed by atoms with Crippen molar-refractivity contribution < 1.29 is 9.72 Å². The molecule has 0 saturated carbocycles. The Morgan fingerprint density at radius 2 is 2.05 bits per heavy atom. The third-order valence-corrected chi connectivity index (χ3v) is 2.76. The van der Waals surface area contributed by atoms with Crippen molar-refractivity contribution in [2.75, 3.05) is 0 Å². The second-order valence-electron chi connectivity index (χ2n) is 3.71. The molecule has 0 aliphatic carbocycles. The number of halogens is 1. The molecule has 1 heterocycles. The van der Waals surface area contributed by atoms with Crippen LogP contribution in [0, 0.1) is 10.1 Å². The molecule has 0 aliphatic heterocycles. The topological polar surface area (TPSA) is 99.1 Å². The maximum absolute atomic E-state index is 11.0. The van der Waals surface area contributed by atoms with Crippen LogP contribution in [0.3, 0.4) is 0 Å². The van der Waals surface area contributed by atoms with Crippen LogP contribution in [0.1, 0.15) is 10.4 Å². The zero-order valence-corrected chi connectivity index (χ0v) is 10.3. The molecular weight excluding hydrogens is 270 g/mol. The van der Waals surface area contributed by atoms with Gasteiger partial charge in [0.2, 0.25) is 0 Å². The van der Waals surface area contributed by atoms with Crippen LogP contribution in [0.2, 0.25) is 5.15 Å². The Hall–Kier alpha value is -2.47.